The second kappa shape index (κ2) is 6.27. The summed E-state index contributed by atoms with van der Waals surface area (Å²) < 4.78 is 0.708. The van der Waals surface area contributed by atoms with Gasteiger partial charge in [-0.1, -0.05) is 62.9 Å². The zero-order valence-corrected chi connectivity index (χ0v) is 13.4. The Hall–Kier alpha value is -0.540. The maximum Gasteiger partial charge on any atom is 0.168 e. The fourth-order valence-corrected chi connectivity index (χ4v) is 2.69. The van der Waals surface area contributed by atoms with Crippen molar-refractivity contribution in [3.05, 3.63) is 67.1 Å². The Morgan fingerprint density at radius 3 is 2.58 bits per heavy atom. The summed E-state index contributed by atoms with van der Waals surface area (Å²) in [6, 6.07) is 10.3. The van der Waals surface area contributed by atoms with E-state index in [4.69, 9.17) is 34.8 Å². The van der Waals surface area contributed by atoms with Gasteiger partial charge in [-0.3, -0.25) is 4.79 Å². The summed E-state index contributed by atoms with van der Waals surface area (Å²) in [4.78, 5) is 12.3. The molecule has 0 aromatic heterocycles. The number of hydrogen-bond acceptors (Lipinski definition) is 1. The molecule has 0 saturated carbocycles. The third kappa shape index (κ3) is 3.51. The largest absolute Gasteiger partial charge is 0.294 e. The molecule has 5 heteroatoms. The number of rotatable bonds is 3. The molecule has 0 unspecified atom stereocenters. The van der Waals surface area contributed by atoms with Crippen molar-refractivity contribution in [2.75, 3.05) is 0 Å². The second-order valence-electron chi connectivity index (χ2n) is 3.94. The molecule has 19 heavy (non-hydrogen) atoms. The van der Waals surface area contributed by atoms with Gasteiger partial charge < -0.3 is 0 Å². The number of Topliss-reactive ketones (excluding diaryl/α,β-unsaturated/α-hetero) is 1. The van der Waals surface area contributed by atoms with Gasteiger partial charge in [-0.05, 0) is 29.8 Å². The quantitative estimate of drug-likeness (QED) is 0.614. The van der Waals surface area contributed by atoms with Crippen LogP contribution in [0.1, 0.15) is 15.9 Å². The lowest BCUT2D eigenvalue weighted by Gasteiger charge is -2.07. The van der Waals surface area contributed by atoms with E-state index in [9.17, 15) is 4.79 Å². The van der Waals surface area contributed by atoms with Crippen LogP contribution in [-0.2, 0) is 6.42 Å². The van der Waals surface area contributed by atoms with Crippen molar-refractivity contribution >= 4 is 56.5 Å². The molecule has 0 fully saturated rings. The van der Waals surface area contributed by atoms with Gasteiger partial charge in [0.25, 0.3) is 0 Å². The molecule has 0 spiro atoms. The summed E-state index contributed by atoms with van der Waals surface area (Å²) in [5.74, 6) is -0.0708. The van der Waals surface area contributed by atoms with E-state index in [-0.39, 0.29) is 12.2 Å². The van der Waals surface area contributed by atoms with Crippen molar-refractivity contribution in [2.24, 2.45) is 0 Å². The van der Waals surface area contributed by atoms with Gasteiger partial charge in [0.15, 0.2) is 5.78 Å². The Kier molecular flexibility index (Phi) is 4.91. The lowest BCUT2D eigenvalue weighted by atomic mass is 10.0. The SMILES string of the molecule is O=C(Cc1cccc(Cl)c1Cl)c1cc(Cl)ccc1Br. The van der Waals surface area contributed by atoms with E-state index in [1.165, 1.54) is 0 Å². The van der Waals surface area contributed by atoms with Crippen molar-refractivity contribution < 1.29 is 4.79 Å². The minimum absolute atomic E-state index is 0.0708. The Labute approximate surface area is 134 Å². The zero-order chi connectivity index (χ0) is 14.0. The van der Waals surface area contributed by atoms with E-state index in [1.807, 2.05) is 0 Å². The van der Waals surface area contributed by atoms with Gasteiger partial charge >= 0.3 is 0 Å². The van der Waals surface area contributed by atoms with Crippen molar-refractivity contribution in [3.63, 3.8) is 0 Å². The Bertz CT molecular complexity index is 641. The molecule has 98 valence electrons. The highest BCUT2D eigenvalue weighted by Crippen LogP contribution is 2.28. The van der Waals surface area contributed by atoms with Crippen molar-refractivity contribution in [3.8, 4) is 0 Å². The van der Waals surface area contributed by atoms with E-state index in [1.54, 1.807) is 36.4 Å². The Morgan fingerprint density at radius 2 is 1.84 bits per heavy atom. The molecule has 0 amide bonds. The van der Waals surface area contributed by atoms with Crippen LogP contribution in [0, 0.1) is 0 Å². The molecule has 0 atom stereocenters. The van der Waals surface area contributed by atoms with E-state index >= 15 is 0 Å². The van der Waals surface area contributed by atoms with Gasteiger partial charge in [-0.25, -0.2) is 0 Å². The van der Waals surface area contributed by atoms with Crippen LogP contribution in [0.3, 0.4) is 0 Å². The number of hydrogen-bond donors (Lipinski definition) is 0. The Morgan fingerprint density at radius 1 is 1.11 bits per heavy atom. The normalized spacial score (nSPS) is 10.5. The lowest BCUT2D eigenvalue weighted by molar-refractivity contribution is 0.0992. The summed E-state index contributed by atoms with van der Waals surface area (Å²) in [7, 11) is 0. The summed E-state index contributed by atoms with van der Waals surface area (Å²) in [5, 5.41) is 1.37. The van der Waals surface area contributed by atoms with Crippen LogP contribution in [-0.4, -0.2) is 5.78 Å². The van der Waals surface area contributed by atoms with Gasteiger partial charge in [0.05, 0.1) is 10.0 Å². The standard InChI is InChI=1S/C14H8BrCl3O/c15-11-5-4-9(16)7-10(11)13(19)6-8-2-1-3-12(17)14(8)18/h1-5,7H,6H2. The molecule has 2 aromatic rings. The minimum Gasteiger partial charge on any atom is -0.294 e. The Balaban J connectivity index is 2.31. The molecule has 2 rings (SSSR count). The molecule has 0 radical (unpaired) electrons. The predicted octanol–water partition coefficient (Wildman–Crippen LogP) is 5.83. The molecule has 0 aliphatic rings. The molecule has 0 saturated heterocycles. The first kappa shape index (κ1) is 14.9. The van der Waals surface area contributed by atoms with Crippen molar-refractivity contribution in [2.45, 2.75) is 6.42 Å². The van der Waals surface area contributed by atoms with Crippen molar-refractivity contribution in [1.82, 2.24) is 0 Å². The van der Waals surface area contributed by atoms with E-state index in [2.05, 4.69) is 15.9 Å². The highest BCUT2D eigenvalue weighted by atomic mass is 79.9. The maximum atomic E-state index is 12.3. The highest BCUT2D eigenvalue weighted by molar-refractivity contribution is 9.10. The molecule has 0 aliphatic heterocycles. The van der Waals surface area contributed by atoms with Crippen LogP contribution in [0.2, 0.25) is 15.1 Å². The summed E-state index contributed by atoms with van der Waals surface area (Å²) in [5.41, 5.74) is 1.23. The average molecular weight is 378 g/mol. The predicted molar refractivity (Wildman–Crippen MR) is 83.6 cm³/mol. The van der Waals surface area contributed by atoms with Crippen LogP contribution in [0.25, 0.3) is 0 Å². The smallest absolute Gasteiger partial charge is 0.168 e. The first-order valence-electron chi connectivity index (χ1n) is 5.40. The van der Waals surface area contributed by atoms with E-state index < -0.39 is 0 Å². The average Bonchev–Trinajstić information content (AvgIpc) is 2.38. The van der Waals surface area contributed by atoms with Gasteiger partial charge in [0.1, 0.15) is 0 Å². The lowest BCUT2D eigenvalue weighted by Crippen LogP contribution is -2.05. The number of halogens is 4. The number of carbonyl (C=O) groups excluding carboxylic acids is 1. The molecule has 0 bridgehead atoms. The molecular formula is C14H8BrCl3O. The fourth-order valence-electron chi connectivity index (χ4n) is 1.66. The van der Waals surface area contributed by atoms with Gasteiger partial charge in [-0.2, -0.15) is 0 Å². The van der Waals surface area contributed by atoms with Gasteiger partial charge in [0.2, 0.25) is 0 Å². The fraction of sp³-hybridized carbons (Fsp3) is 0.0714. The zero-order valence-electron chi connectivity index (χ0n) is 9.59. The van der Waals surface area contributed by atoms with Crippen LogP contribution >= 0.6 is 50.7 Å². The molecular weight excluding hydrogens is 370 g/mol. The van der Waals surface area contributed by atoms with E-state index in [0.717, 1.165) is 0 Å². The number of benzene rings is 2. The van der Waals surface area contributed by atoms with Gasteiger partial charge in [0, 0.05) is 21.5 Å². The molecule has 0 N–H and O–H groups in total. The van der Waals surface area contributed by atoms with Crippen LogP contribution in [0.15, 0.2) is 40.9 Å². The molecule has 0 aliphatic carbocycles. The maximum absolute atomic E-state index is 12.3. The number of carbonyl (C=O) groups is 1. The second-order valence-corrected chi connectivity index (χ2v) is 6.01. The monoisotopic (exact) mass is 376 g/mol. The van der Waals surface area contributed by atoms with Crippen molar-refractivity contribution in [1.29, 1.82) is 0 Å². The van der Waals surface area contributed by atoms with Crippen LogP contribution in [0.4, 0.5) is 0 Å². The van der Waals surface area contributed by atoms with Crippen LogP contribution in [0.5, 0.6) is 0 Å². The third-order valence-electron chi connectivity index (χ3n) is 2.61. The first-order chi connectivity index (χ1) is 8.99. The third-order valence-corrected chi connectivity index (χ3v) is 4.40. The molecule has 0 heterocycles. The molecule has 1 nitrogen and oxygen atoms in total. The molecule has 2 aromatic carbocycles. The van der Waals surface area contributed by atoms with Gasteiger partial charge in [-0.15, -0.1) is 0 Å². The van der Waals surface area contributed by atoms with E-state index in [0.29, 0.717) is 30.7 Å². The summed E-state index contributed by atoms with van der Waals surface area (Å²) in [6.07, 6.45) is 0.179. The highest BCUT2D eigenvalue weighted by Gasteiger charge is 2.14. The van der Waals surface area contributed by atoms with Crippen LogP contribution < -0.4 is 0 Å². The first-order valence-corrected chi connectivity index (χ1v) is 7.33. The summed E-state index contributed by atoms with van der Waals surface area (Å²) in [6.45, 7) is 0. The number of ketones is 1. The minimum atomic E-state index is -0.0708. The summed E-state index contributed by atoms with van der Waals surface area (Å²) >= 11 is 21.2. The topological polar surface area (TPSA) is 17.1 Å².